The molecule has 1 aromatic heterocycles. The van der Waals surface area contributed by atoms with Gasteiger partial charge in [0.15, 0.2) is 5.43 Å². The Balaban J connectivity index is 1.73. The highest BCUT2D eigenvalue weighted by atomic mass is 16.2. The van der Waals surface area contributed by atoms with E-state index in [9.17, 15) is 9.59 Å². The number of benzene rings is 2. The molecule has 5 rings (SSSR count). The summed E-state index contributed by atoms with van der Waals surface area (Å²) in [7, 11) is 0. The molecule has 2 aliphatic rings. The van der Waals surface area contributed by atoms with Crippen LogP contribution in [0.5, 0.6) is 0 Å². The van der Waals surface area contributed by atoms with Gasteiger partial charge >= 0.3 is 0 Å². The van der Waals surface area contributed by atoms with Crippen LogP contribution in [0, 0.1) is 12.8 Å². The molecule has 1 aliphatic heterocycles. The summed E-state index contributed by atoms with van der Waals surface area (Å²) in [6.07, 6.45) is 4.75. The minimum absolute atomic E-state index is 0.0481. The minimum atomic E-state index is -0.0957. The quantitative estimate of drug-likeness (QED) is 0.601. The molecule has 1 amide bonds. The van der Waals surface area contributed by atoms with E-state index in [1.807, 2.05) is 9.58 Å². The molecule has 5 nitrogen and oxygen atoms in total. The lowest BCUT2D eigenvalue weighted by Gasteiger charge is -2.45. The number of nitrogens with zero attached hydrogens (tertiary/aromatic N) is 3. The average Bonchev–Trinajstić information content (AvgIpc) is 3.00. The maximum Gasteiger partial charge on any atom is 0.274 e. The van der Waals surface area contributed by atoms with Crippen molar-refractivity contribution in [3.05, 3.63) is 105 Å². The maximum atomic E-state index is 13.6. The summed E-state index contributed by atoms with van der Waals surface area (Å²) in [5.74, 6) is 0.323. The van der Waals surface area contributed by atoms with Crippen molar-refractivity contribution >= 4 is 5.91 Å². The number of carbonyl (C=O) groups is 1. The molecule has 0 saturated heterocycles. The summed E-state index contributed by atoms with van der Waals surface area (Å²) < 4.78 is 1.94. The van der Waals surface area contributed by atoms with E-state index >= 15 is 0 Å². The topological polar surface area (TPSA) is 45.5 Å². The number of aryl methyl sites for hydroxylation is 2. The first-order valence-corrected chi connectivity index (χ1v) is 11.9. The van der Waals surface area contributed by atoms with Gasteiger partial charge in [0, 0.05) is 24.4 Å². The summed E-state index contributed by atoms with van der Waals surface area (Å²) in [6, 6.07) is 18.8. The van der Waals surface area contributed by atoms with Crippen molar-refractivity contribution in [1.82, 2.24) is 9.58 Å². The Morgan fingerprint density at radius 1 is 0.939 bits per heavy atom. The van der Waals surface area contributed by atoms with Crippen molar-refractivity contribution < 1.29 is 4.79 Å². The van der Waals surface area contributed by atoms with Gasteiger partial charge in [-0.1, -0.05) is 68.8 Å². The third-order valence-electron chi connectivity index (χ3n) is 7.29. The maximum absolute atomic E-state index is 13.6. The highest BCUT2D eigenvalue weighted by molar-refractivity contribution is 5.95. The molecule has 1 atom stereocenters. The number of amides is 1. The van der Waals surface area contributed by atoms with Gasteiger partial charge in [0.1, 0.15) is 12.4 Å². The largest absolute Gasteiger partial charge is 0.318 e. The Kier molecular flexibility index (Phi) is 5.57. The second-order valence-electron chi connectivity index (χ2n) is 9.42. The van der Waals surface area contributed by atoms with E-state index in [2.05, 4.69) is 67.4 Å². The molecular weight excluding hydrogens is 410 g/mol. The van der Waals surface area contributed by atoms with Crippen LogP contribution in [0.25, 0.3) is 0 Å². The zero-order valence-electron chi connectivity index (χ0n) is 19.6. The molecule has 2 aromatic carbocycles. The summed E-state index contributed by atoms with van der Waals surface area (Å²) in [4.78, 5) is 28.0. The van der Waals surface area contributed by atoms with E-state index in [0.29, 0.717) is 30.4 Å². The molecule has 1 unspecified atom stereocenters. The lowest BCUT2D eigenvalue weighted by molar-refractivity contribution is 0.0655. The van der Waals surface area contributed by atoms with E-state index in [1.54, 1.807) is 19.2 Å². The molecule has 33 heavy (non-hydrogen) atoms. The predicted molar refractivity (Wildman–Crippen MR) is 131 cm³/mol. The molecule has 1 aliphatic carbocycles. The SMILES string of the molecule is CCC(C)CN1CN(C2c3ccccc3CCc3ccccc32)n2ccc(=O)c(C)c2C1=O. The highest BCUT2D eigenvalue weighted by Gasteiger charge is 2.37. The number of hydrogen-bond acceptors (Lipinski definition) is 3. The van der Waals surface area contributed by atoms with Crippen LogP contribution in [0.1, 0.15) is 64.6 Å². The Morgan fingerprint density at radius 3 is 2.15 bits per heavy atom. The normalized spacial score (nSPS) is 16.6. The molecule has 3 aromatic rings. The fraction of sp³-hybridized carbons (Fsp3) is 0.357. The molecule has 0 N–H and O–H groups in total. The third-order valence-corrected chi connectivity index (χ3v) is 7.29. The zero-order valence-corrected chi connectivity index (χ0v) is 19.6. The first-order chi connectivity index (χ1) is 16.0. The Hall–Kier alpha value is -3.34. The Labute approximate surface area is 195 Å². The molecular formula is C28H31N3O2. The van der Waals surface area contributed by atoms with E-state index < -0.39 is 0 Å². The minimum Gasteiger partial charge on any atom is -0.318 e. The van der Waals surface area contributed by atoms with Gasteiger partial charge < -0.3 is 4.90 Å². The molecule has 0 radical (unpaired) electrons. The number of carbonyl (C=O) groups excluding carboxylic acids is 1. The smallest absolute Gasteiger partial charge is 0.274 e. The molecule has 0 spiro atoms. The van der Waals surface area contributed by atoms with Crippen LogP contribution in [-0.4, -0.2) is 28.7 Å². The van der Waals surface area contributed by atoms with Gasteiger partial charge in [-0.05, 0) is 47.9 Å². The lowest BCUT2D eigenvalue weighted by Crippen LogP contribution is -2.56. The molecule has 0 bridgehead atoms. The Morgan fingerprint density at radius 2 is 1.55 bits per heavy atom. The van der Waals surface area contributed by atoms with E-state index in [-0.39, 0.29) is 17.4 Å². The number of hydrogen-bond donors (Lipinski definition) is 0. The van der Waals surface area contributed by atoms with Crippen LogP contribution in [0.2, 0.25) is 0 Å². The summed E-state index contributed by atoms with van der Waals surface area (Å²) >= 11 is 0. The van der Waals surface area contributed by atoms with Crippen molar-refractivity contribution in [1.29, 1.82) is 0 Å². The van der Waals surface area contributed by atoms with E-state index in [0.717, 1.165) is 19.3 Å². The monoisotopic (exact) mass is 441 g/mol. The summed E-state index contributed by atoms with van der Waals surface area (Å²) in [5, 5.41) is 2.27. The fourth-order valence-electron chi connectivity index (χ4n) is 5.22. The number of rotatable bonds is 4. The molecule has 0 fully saturated rings. The Bertz CT molecular complexity index is 1210. The second kappa shape index (κ2) is 8.54. The van der Waals surface area contributed by atoms with E-state index in [4.69, 9.17) is 0 Å². The molecule has 0 saturated carbocycles. The zero-order chi connectivity index (χ0) is 23.1. The van der Waals surface area contributed by atoms with Crippen LogP contribution in [0.3, 0.4) is 0 Å². The predicted octanol–water partition coefficient (Wildman–Crippen LogP) is 4.44. The van der Waals surface area contributed by atoms with Gasteiger partial charge in [0.25, 0.3) is 5.91 Å². The lowest BCUT2D eigenvalue weighted by atomic mass is 9.94. The van der Waals surface area contributed by atoms with E-state index in [1.165, 1.54) is 22.3 Å². The van der Waals surface area contributed by atoms with Crippen molar-refractivity contribution in [2.24, 2.45) is 5.92 Å². The third kappa shape index (κ3) is 3.65. The van der Waals surface area contributed by atoms with Gasteiger partial charge in [-0.15, -0.1) is 0 Å². The summed E-state index contributed by atoms with van der Waals surface area (Å²) in [6.45, 7) is 7.24. The van der Waals surface area contributed by atoms with Gasteiger partial charge in [-0.2, -0.15) is 0 Å². The highest BCUT2D eigenvalue weighted by Crippen LogP contribution is 2.37. The molecule has 5 heteroatoms. The van der Waals surface area contributed by atoms with Crippen molar-refractivity contribution in [2.45, 2.75) is 46.1 Å². The van der Waals surface area contributed by atoms with Gasteiger partial charge in [0.05, 0.1) is 6.04 Å². The van der Waals surface area contributed by atoms with Gasteiger partial charge in [-0.25, -0.2) is 0 Å². The van der Waals surface area contributed by atoms with Crippen LogP contribution in [-0.2, 0) is 12.8 Å². The summed E-state index contributed by atoms with van der Waals surface area (Å²) in [5.41, 5.74) is 6.10. The van der Waals surface area contributed by atoms with Crippen LogP contribution >= 0.6 is 0 Å². The standard InChI is InChI=1S/C28H31N3O2/c1-4-19(2)17-29-18-31(30-16-15-25(32)20(3)26(30)28(29)33)27-23-11-7-5-9-21(23)13-14-22-10-6-8-12-24(22)27/h5-12,15-16,19,27H,4,13-14,17-18H2,1-3H3. The van der Waals surface area contributed by atoms with Crippen LogP contribution < -0.4 is 10.4 Å². The number of aromatic nitrogens is 1. The van der Waals surface area contributed by atoms with Gasteiger partial charge in [0.2, 0.25) is 0 Å². The van der Waals surface area contributed by atoms with Crippen molar-refractivity contribution in [3.63, 3.8) is 0 Å². The van der Waals surface area contributed by atoms with Crippen LogP contribution in [0.15, 0.2) is 65.6 Å². The van der Waals surface area contributed by atoms with Crippen molar-refractivity contribution in [3.8, 4) is 0 Å². The van der Waals surface area contributed by atoms with Crippen molar-refractivity contribution in [2.75, 3.05) is 18.2 Å². The number of pyridine rings is 1. The number of fused-ring (bicyclic) bond motifs is 3. The van der Waals surface area contributed by atoms with Gasteiger partial charge in [-0.3, -0.25) is 19.3 Å². The fourth-order valence-corrected chi connectivity index (χ4v) is 5.22. The first kappa shape index (κ1) is 21.5. The second-order valence-corrected chi connectivity index (χ2v) is 9.42. The first-order valence-electron chi connectivity index (χ1n) is 11.9. The molecule has 2 heterocycles. The average molecular weight is 442 g/mol. The van der Waals surface area contributed by atoms with Crippen LogP contribution in [0.4, 0.5) is 0 Å². The molecule has 170 valence electrons.